The standard InChI is InChI=1S/C19H15NO4S/c1-25(21,22)15-8-5-13(6-9-15)16-3-2-4-17(20-16)14-7-10-18-19(11-14)24-12-23-18/h2-11H,12H2,1H3. The zero-order valence-corrected chi connectivity index (χ0v) is 14.3. The second-order valence-corrected chi connectivity index (χ2v) is 7.79. The fraction of sp³-hybridized carbons (Fsp3) is 0.105. The lowest BCUT2D eigenvalue weighted by molar-refractivity contribution is 0.174. The zero-order valence-electron chi connectivity index (χ0n) is 13.5. The minimum atomic E-state index is -3.20. The fourth-order valence-corrected chi connectivity index (χ4v) is 3.32. The highest BCUT2D eigenvalue weighted by molar-refractivity contribution is 7.90. The number of rotatable bonds is 3. The first-order chi connectivity index (χ1) is 12.0. The Morgan fingerprint density at radius 1 is 0.840 bits per heavy atom. The van der Waals surface area contributed by atoms with Gasteiger partial charge >= 0.3 is 0 Å². The minimum Gasteiger partial charge on any atom is -0.454 e. The summed E-state index contributed by atoms with van der Waals surface area (Å²) in [5.41, 5.74) is 3.37. The van der Waals surface area contributed by atoms with Crippen LogP contribution >= 0.6 is 0 Å². The summed E-state index contributed by atoms with van der Waals surface area (Å²) in [7, 11) is -3.20. The molecule has 0 saturated carbocycles. The van der Waals surface area contributed by atoms with Gasteiger partial charge in [0.25, 0.3) is 0 Å². The van der Waals surface area contributed by atoms with E-state index in [0.29, 0.717) is 10.6 Å². The predicted octanol–water partition coefficient (Wildman–Crippen LogP) is 3.55. The largest absolute Gasteiger partial charge is 0.454 e. The van der Waals surface area contributed by atoms with Crippen molar-refractivity contribution in [2.75, 3.05) is 13.0 Å². The molecular weight excluding hydrogens is 338 g/mol. The van der Waals surface area contributed by atoms with Gasteiger partial charge in [-0.25, -0.2) is 13.4 Å². The summed E-state index contributed by atoms with van der Waals surface area (Å²) in [6.07, 6.45) is 1.19. The molecule has 5 nitrogen and oxygen atoms in total. The fourth-order valence-electron chi connectivity index (χ4n) is 2.69. The van der Waals surface area contributed by atoms with Crippen molar-refractivity contribution in [3.8, 4) is 34.0 Å². The number of nitrogens with zero attached hydrogens (tertiary/aromatic N) is 1. The van der Waals surface area contributed by atoms with Crippen LogP contribution in [0.25, 0.3) is 22.5 Å². The first-order valence-corrected chi connectivity index (χ1v) is 9.57. The Morgan fingerprint density at radius 2 is 1.48 bits per heavy atom. The maximum atomic E-state index is 11.6. The molecule has 0 aliphatic carbocycles. The van der Waals surface area contributed by atoms with Crippen LogP contribution in [0.1, 0.15) is 0 Å². The maximum Gasteiger partial charge on any atom is 0.231 e. The Balaban J connectivity index is 1.70. The highest BCUT2D eigenvalue weighted by Gasteiger charge is 2.14. The van der Waals surface area contributed by atoms with Crippen LogP contribution < -0.4 is 9.47 Å². The van der Waals surface area contributed by atoms with E-state index < -0.39 is 9.84 Å². The van der Waals surface area contributed by atoms with Gasteiger partial charge in [0.1, 0.15) is 0 Å². The Morgan fingerprint density at radius 3 is 2.20 bits per heavy atom. The molecule has 0 unspecified atom stereocenters. The van der Waals surface area contributed by atoms with Gasteiger partial charge in [-0.2, -0.15) is 0 Å². The van der Waals surface area contributed by atoms with Crippen LogP contribution in [0.3, 0.4) is 0 Å². The Hall–Kier alpha value is -2.86. The summed E-state index contributed by atoms with van der Waals surface area (Å²) in [5, 5.41) is 0. The first-order valence-electron chi connectivity index (χ1n) is 7.68. The van der Waals surface area contributed by atoms with E-state index in [0.717, 1.165) is 28.3 Å². The minimum absolute atomic E-state index is 0.235. The monoisotopic (exact) mass is 353 g/mol. The van der Waals surface area contributed by atoms with Crippen molar-refractivity contribution in [1.82, 2.24) is 4.98 Å². The van der Waals surface area contributed by atoms with Crippen LogP contribution in [-0.4, -0.2) is 26.5 Å². The smallest absolute Gasteiger partial charge is 0.231 e. The van der Waals surface area contributed by atoms with Crippen molar-refractivity contribution >= 4 is 9.84 Å². The van der Waals surface area contributed by atoms with Crippen molar-refractivity contribution in [1.29, 1.82) is 0 Å². The normalized spacial score (nSPS) is 13.0. The number of aromatic nitrogens is 1. The summed E-state index contributed by atoms with van der Waals surface area (Å²) >= 11 is 0. The van der Waals surface area contributed by atoms with E-state index in [-0.39, 0.29) is 6.79 Å². The molecule has 0 spiro atoms. The molecule has 0 N–H and O–H groups in total. The van der Waals surface area contributed by atoms with E-state index in [4.69, 9.17) is 9.47 Å². The molecule has 0 radical (unpaired) electrons. The second-order valence-electron chi connectivity index (χ2n) is 5.77. The van der Waals surface area contributed by atoms with E-state index in [1.54, 1.807) is 24.3 Å². The lowest BCUT2D eigenvalue weighted by Gasteiger charge is -2.07. The number of hydrogen-bond donors (Lipinski definition) is 0. The SMILES string of the molecule is CS(=O)(=O)c1ccc(-c2cccc(-c3ccc4c(c3)OCO4)n2)cc1. The Bertz CT molecular complexity index is 1040. The Kier molecular flexibility index (Phi) is 3.69. The van der Waals surface area contributed by atoms with E-state index >= 15 is 0 Å². The van der Waals surface area contributed by atoms with Crippen LogP contribution in [0, 0.1) is 0 Å². The average molecular weight is 353 g/mol. The molecule has 2 aromatic carbocycles. The maximum absolute atomic E-state index is 11.6. The van der Waals surface area contributed by atoms with Gasteiger partial charge in [0.2, 0.25) is 6.79 Å². The van der Waals surface area contributed by atoms with Gasteiger partial charge in [0.15, 0.2) is 21.3 Å². The zero-order chi connectivity index (χ0) is 17.4. The number of ether oxygens (including phenoxy) is 2. The van der Waals surface area contributed by atoms with Crippen molar-refractivity contribution in [2.45, 2.75) is 4.90 Å². The summed E-state index contributed by atoms with van der Waals surface area (Å²) in [4.78, 5) is 4.98. The lowest BCUT2D eigenvalue weighted by Crippen LogP contribution is -1.96. The number of benzene rings is 2. The number of sulfone groups is 1. The molecule has 1 aliphatic rings. The van der Waals surface area contributed by atoms with Gasteiger partial charge in [-0.15, -0.1) is 0 Å². The van der Waals surface area contributed by atoms with Crippen molar-refractivity contribution in [2.24, 2.45) is 0 Å². The number of pyridine rings is 1. The topological polar surface area (TPSA) is 65.5 Å². The third kappa shape index (κ3) is 3.08. The van der Waals surface area contributed by atoms with Crippen molar-refractivity contribution in [3.63, 3.8) is 0 Å². The van der Waals surface area contributed by atoms with Gasteiger partial charge in [-0.1, -0.05) is 18.2 Å². The van der Waals surface area contributed by atoms with E-state index in [1.807, 2.05) is 36.4 Å². The third-order valence-electron chi connectivity index (χ3n) is 4.00. The van der Waals surface area contributed by atoms with Gasteiger partial charge in [-0.05, 0) is 42.5 Å². The summed E-state index contributed by atoms with van der Waals surface area (Å²) in [6.45, 7) is 0.235. The molecule has 0 bridgehead atoms. The van der Waals surface area contributed by atoms with Gasteiger partial charge in [0, 0.05) is 17.4 Å². The van der Waals surface area contributed by atoms with Crippen molar-refractivity contribution in [3.05, 3.63) is 60.7 Å². The first kappa shape index (κ1) is 15.7. The molecule has 6 heteroatoms. The van der Waals surface area contributed by atoms with Crippen LogP contribution in [-0.2, 0) is 9.84 Å². The second kappa shape index (κ2) is 5.89. The van der Waals surface area contributed by atoms with Crippen LogP contribution in [0.2, 0.25) is 0 Å². The molecule has 1 aliphatic heterocycles. The van der Waals surface area contributed by atoms with Gasteiger partial charge in [0.05, 0.1) is 16.3 Å². The average Bonchev–Trinajstić information content (AvgIpc) is 3.09. The molecule has 1 aromatic heterocycles. The molecule has 25 heavy (non-hydrogen) atoms. The lowest BCUT2D eigenvalue weighted by atomic mass is 10.1. The molecule has 4 rings (SSSR count). The van der Waals surface area contributed by atoms with Crippen LogP contribution in [0.4, 0.5) is 0 Å². The molecule has 2 heterocycles. The summed E-state index contributed by atoms with van der Waals surface area (Å²) in [5.74, 6) is 1.44. The van der Waals surface area contributed by atoms with Crippen molar-refractivity contribution < 1.29 is 17.9 Å². The molecule has 3 aromatic rings. The highest BCUT2D eigenvalue weighted by Crippen LogP contribution is 2.35. The molecule has 0 fully saturated rings. The van der Waals surface area contributed by atoms with Gasteiger partial charge in [-0.3, -0.25) is 0 Å². The Labute approximate surface area is 145 Å². The molecule has 0 amide bonds. The molecule has 126 valence electrons. The predicted molar refractivity (Wildman–Crippen MR) is 94.3 cm³/mol. The molecular formula is C19H15NO4S. The third-order valence-corrected chi connectivity index (χ3v) is 5.12. The number of hydrogen-bond acceptors (Lipinski definition) is 5. The van der Waals surface area contributed by atoms with E-state index in [2.05, 4.69) is 4.98 Å². The van der Waals surface area contributed by atoms with Crippen LogP contribution in [0.15, 0.2) is 65.6 Å². The van der Waals surface area contributed by atoms with E-state index in [9.17, 15) is 8.42 Å². The van der Waals surface area contributed by atoms with Gasteiger partial charge < -0.3 is 9.47 Å². The number of fused-ring (bicyclic) bond motifs is 1. The summed E-state index contributed by atoms with van der Waals surface area (Å²) < 4.78 is 33.9. The highest BCUT2D eigenvalue weighted by atomic mass is 32.2. The van der Waals surface area contributed by atoms with E-state index in [1.165, 1.54) is 6.26 Å². The van der Waals surface area contributed by atoms with Crippen LogP contribution in [0.5, 0.6) is 11.5 Å². The summed E-state index contributed by atoms with van der Waals surface area (Å²) in [6, 6.07) is 18.2. The quantitative estimate of drug-likeness (QED) is 0.720. The molecule has 0 atom stereocenters. The molecule has 0 saturated heterocycles.